The first-order valence-corrected chi connectivity index (χ1v) is 5.84. The van der Waals surface area contributed by atoms with Gasteiger partial charge in [-0.2, -0.15) is 11.8 Å². The van der Waals surface area contributed by atoms with Crippen molar-refractivity contribution in [2.45, 2.75) is 43.2 Å². The zero-order valence-corrected chi connectivity index (χ0v) is 9.16. The summed E-state index contributed by atoms with van der Waals surface area (Å²) in [4.78, 5) is 0. The van der Waals surface area contributed by atoms with E-state index in [-0.39, 0.29) is 24.1 Å². The lowest BCUT2D eigenvalue weighted by molar-refractivity contribution is -0.147. The Morgan fingerprint density at radius 2 is 2.21 bits per heavy atom. The fourth-order valence-corrected chi connectivity index (χ4v) is 3.40. The molecule has 2 aliphatic rings. The van der Waals surface area contributed by atoms with E-state index in [0.717, 1.165) is 5.75 Å². The highest BCUT2D eigenvalue weighted by Gasteiger charge is 2.51. The van der Waals surface area contributed by atoms with Gasteiger partial charge in [0.1, 0.15) is 6.10 Å². The molecule has 2 aliphatic heterocycles. The molecule has 2 N–H and O–H groups in total. The minimum Gasteiger partial charge on any atom is -0.394 e. The fraction of sp³-hybridized carbons (Fsp3) is 1.00. The molecule has 0 aromatic carbocycles. The molecular weight excluding hydrogens is 204 g/mol. The first-order chi connectivity index (χ1) is 6.53. The third-order valence-electron chi connectivity index (χ3n) is 2.56. The molecule has 0 aromatic rings. The zero-order valence-electron chi connectivity index (χ0n) is 8.34. The van der Waals surface area contributed by atoms with Crippen LogP contribution in [-0.4, -0.2) is 51.9 Å². The highest BCUT2D eigenvalue weighted by molar-refractivity contribution is 8.00. The minimum atomic E-state index is -0.715. The van der Waals surface area contributed by atoms with Gasteiger partial charge in [-0.3, -0.25) is 0 Å². The van der Waals surface area contributed by atoms with Crippen LogP contribution < -0.4 is 0 Å². The highest BCUT2D eigenvalue weighted by Crippen LogP contribution is 2.42. The molecule has 2 heterocycles. The van der Waals surface area contributed by atoms with Gasteiger partial charge >= 0.3 is 0 Å². The largest absolute Gasteiger partial charge is 0.394 e. The second-order valence-electron chi connectivity index (χ2n) is 4.19. The van der Waals surface area contributed by atoms with Gasteiger partial charge in [0.05, 0.1) is 24.1 Å². The maximum atomic E-state index is 9.57. The summed E-state index contributed by atoms with van der Waals surface area (Å²) in [6.45, 7) is 3.53. The van der Waals surface area contributed by atoms with Gasteiger partial charge in [0.25, 0.3) is 0 Å². The van der Waals surface area contributed by atoms with Gasteiger partial charge in [-0.15, -0.1) is 0 Å². The van der Waals surface area contributed by atoms with E-state index in [2.05, 4.69) is 0 Å². The van der Waals surface area contributed by atoms with Gasteiger partial charge in [-0.25, -0.2) is 0 Å². The Morgan fingerprint density at radius 3 is 2.86 bits per heavy atom. The van der Waals surface area contributed by atoms with Crippen LogP contribution in [0, 0.1) is 0 Å². The van der Waals surface area contributed by atoms with Crippen molar-refractivity contribution in [3.05, 3.63) is 0 Å². The molecule has 0 bridgehead atoms. The van der Waals surface area contributed by atoms with Crippen LogP contribution in [0.5, 0.6) is 0 Å². The monoisotopic (exact) mass is 220 g/mol. The molecule has 0 unspecified atom stereocenters. The van der Waals surface area contributed by atoms with E-state index in [1.54, 1.807) is 11.8 Å². The lowest BCUT2D eigenvalue weighted by Gasteiger charge is -2.23. The Morgan fingerprint density at radius 1 is 1.50 bits per heavy atom. The molecule has 0 aliphatic carbocycles. The maximum absolute atomic E-state index is 9.57. The number of aliphatic hydroxyl groups excluding tert-OH is 2. The molecule has 4 nitrogen and oxygen atoms in total. The lowest BCUT2D eigenvalue weighted by atomic mass is 10.1. The van der Waals surface area contributed by atoms with Crippen molar-refractivity contribution in [3.63, 3.8) is 0 Å². The number of hydrogen-bond acceptors (Lipinski definition) is 5. The number of fused-ring (bicyclic) bond motifs is 1. The van der Waals surface area contributed by atoms with E-state index in [1.807, 2.05) is 13.8 Å². The molecule has 0 aromatic heterocycles. The fourth-order valence-electron chi connectivity index (χ4n) is 2.01. The quantitative estimate of drug-likeness (QED) is 0.684. The van der Waals surface area contributed by atoms with E-state index >= 15 is 0 Å². The Balaban J connectivity index is 2.04. The molecule has 0 amide bonds. The van der Waals surface area contributed by atoms with Crippen LogP contribution in [0.4, 0.5) is 0 Å². The average molecular weight is 220 g/mol. The first kappa shape index (κ1) is 10.7. The molecule has 2 saturated heterocycles. The van der Waals surface area contributed by atoms with Gasteiger partial charge in [0, 0.05) is 5.75 Å². The van der Waals surface area contributed by atoms with Crippen LogP contribution in [-0.2, 0) is 9.47 Å². The van der Waals surface area contributed by atoms with Crippen LogP contribution in [0.3, 0.4) is 0 Å². The number of hydrogen-bond donors (Lipinski definition) is 2. The topological polar surface area (TPSA) is 58.9 Å². The van der Waals surface area contributed by atoms with Crippen molar-refractivity contribution in [2.24, 2.45) is 0 Å². The molecule has 5 heteroatoms. The Hall–Kier alpha value is 0.190. The summed E-state index contributed by atoms with van der Waals surface area (Å²) in [6.07, 6.45) is -0.745. The van der Waals surface area contributed by atoms with E-state index in [1.165, 1.54) is 0 Å². The summed E-state index contributed by atoms with van der Waals surface area (Å²) >= 11 is 1.61. The third-order valence-corrected chi connectivity index (χ3v) is 4.05. The van der Waals surface area contributed by atoms with Crippen molar-refractivity contribution in [2.75, 3.05) is 12.4 Å². The lowest BCUT2D eigenvalue weighted by Crippen LogP contribution is -2.38. The Labute approximate surface area is 87.6 Å². The highest BCUT2D eigenvalue weighted by atomic mass is 32.2. The summed E-state index contributed by atoms with van der Waals surface area (Å²) in [5, 5.41) is 18.4. The van der Waals surface area contributed by atoms with Crippen molar-refractivity contribution in [1.82, 2.24) is 0 Å². The van der Waals surface area contributed by atoms with E-state index < -0.39 is 11.9 Å². The number of aliphatic hydroxyl groups is 2. The summed E-state index contributed by atoms with van der Waals surface area (Å²) in [7, 11) is 0. The molecule has 0 saturated carbocycles. The molecule has 2 fully saturated rings. The molecule has 0 radical (unpaired) electrons. The van der Waals surface area contributed by atoms with Gasteiger partial charge < -0.3 is 19.7 Å². The SMILES string of the molecule is CC1(C)O[C@@H]2[C@@H]([C@@H](O)CO)SC[C@@H]2O1. The summed E-state index contributed by atoms with van der Waals surface area (Å²) in [6, 6.07) is 0. The molecule has 2 rings (SSSR count). The van der Waals surface area contributed by atoms with Crippen LogP contribution in [0.1, 0.15) is 13.8 Å². The molecule has 14 heavy (non-hydrogen) atoms. The molecule has 0 spiro atoms. The Kier molecular flexibility index (Phi) is 2.79. The van der Waals surface area contributed by atoms with Crippen molar-refractivity contribution in [3.8, 4) is 0 Å². The maximum Gasteiger partial charge on any atom is 0.163 e. The second kappa shape index (κ2) is 3.64. The van der Waals surface area contributed by atoms with E-state index in [9.17, 15) is 5.11 Å². The van der Waals surface area contributed by atoms with Crippen LogP contribution in [0.25, 0.3) is 0 Å². The predicted molar refractivity (Wildman–Crippen MR) is 53.2 cm³/mol. The number of thioether (sulfide) groups is 1. The van der Waals surface area contributed by atoms with E-state index in [4.69, 9.17) is 14.6 Å². The first-order valence-electron chi connectivity index (χ1n) is 4.79. The van der Waals surface area contributed by atoms with E-state index in [0.29, 0.717) is 0 Å². The molecule has 4 atom stereocenters. The smallest absolute Gasteiger partial charge is 0.163 e. The van der Waals surface area contributed by atoms with Gasteiger partial charge in [0.15, 0.2) is 5.79 Å². The summed E-state index contributed by atoms with van der Waals surface area (Å²) < 4.78 is 11.4. The second-order valence-corrected chi connectivity index (χ2v) is 5.40. The number of ether oxygens (including phenoxy) is 2. The summed E-state index contributed by atoms with van der Waals surface area (Å²) in [5.74, 6) is 0.277. The predicted octanol–water partition coefficient (Wildman–Crippen LogP) is -0.0249. The molecular formula is C9H16O4S. The number of rotatable bonds is 2. The van der Waals surface area contributed by atoms with Gasteiger partial charge in [0.2, 0.25) is 0 Å². The third kappa shape index (κ3) is 1.79. The zero-order chi connectivity index (χ0) is 10.3. The molecule has 82 valence electrons. The minimum absolute atomic E-state index is 0.0567. The normalized spacial score (nSPS) is 42.4. The van der Waals surface area contributed by atoms with Crippen molar-refractivity contribution < 1.29 is 19.7 Å². The van der Waals surface area contributed by atoms with Crippen LogP contribution in [0.2, 0.25) is 0 Å². The van der Waals surface area contributed by atoms with Gasteiger partial charge in [-0.05, 0) is 13.8 Å². The average Bonchev–Trinajstić information content (AvgIpc) is 2.58. The van der Waals surface area contributed by atoms with Crippen LogP contribution >= 0.6 is 11.8 Å². The van der Waals surface area contributed by atoms with Crippen LogP contribution in [0.15, 0.2) is 0 Å². The summed E-state index contributed by atoms with van der Waals surface area (Å²) in [5.41, 5.74) is 0. The Bertz CT molecular complexity index is 221. The standard InChI is InChI=1S/C9H16O4S/c1-9(2)12-6-4-14-8(5(11)3-10)7(6)13-9/h5-8,10-11H,3-4H2,1-2H3/t5-,6-,7-,8+/m0/s1. The van der Waals surface area contributed by atoms with Gasteiger partial charge in [-0.1, -0.05) is 0 Å². The van der Waals surface area contributed by atoms with Crippen molar-refractivity contribution >= 4 is 11.8 Å². The van der Waals surface area contributed by atoms with Crippen molar-refractivity contribution in [1.29, 1.82) is 0 Å².